The highest BCUT2D eigenvalue weighted by Gasteiger charge is 2.03. The molecule has 1 aromatic rings. The fourth-order valence-electron chi connectivity index (χ4n) is 1.36. The van der Waals surface area contributed by atoms with Gasteiger partial charge >= 0.3 is 0 Å². The molecule has 0 saturated heterocycles. The molecule has 0 aromatic carbocycles. The SMILES string of the molecule is CCCCN(CC)c1cn[nH]c(=O)c1. The van der Waals surface area contributed by atoms with Crippen molar-refractivity contribution in [3.05, 3.63) is 22.6 Å². The molecule has 0 spiro atoms. The molecule has 0 saturated carbocycles. The first-order valence-electron chi connectivity index (χ1n) is 5.07. The van der Waals surface area contributed by atoms with E-state index in [9.17, 15) is 4.79 Å². The molecule has 0 aliphatic carbocycles. The Kier molecular flexibility index (Phi) is 4.16. The molecule has 78 valence electrons. The lowest BCUT2D eigenvalue weighted by atomic mass is 10.3. The van der Waals surface area contributed by atoms with Crippen molar-refractivity contribution < 1.29 is 0 Å². The number of anilines is 1. The standard InChI is InChI=1S/C10H17N3O/c1-3-5-6-13(4-2)9-7-10(14)12-11-8-9/h7-8H,3-6H2,1-2H3,(H,12,14). The summed E-state index contributed by atoms with van der Waals surface area (Å²) in [5.74, 6) is 0. The van der Waals surface area contributed by atoms with E-state index >= 15 is 0 Å². The monoisotopic (exact) mass is 195 g/mol. The van der Waals surface area contributed by atoms with Crippen molar-refractivity contribution in [3.8, 4) is 0 Å². The van der Waals surface area contributed by atoms with Gasteiger partial charge in [-0.05, 0) is 13.3 Å². The Bertz CT molecular complexity index is 321. The van der Waals surface area contributed by atoms with Gasteiger partial charge in [-0.2, -0.15) is 5.10 Å². The predicted molar refractivity (Wildman–Crippen MR) is 57.7 cm³/mol. The molecule has 0 atom stereocenters. The van der Waals surface area contributed by atoms with Crippen molar-refractivity contribution in [1.29, 1.82) is 0 Å². The number of nitrogens with zero attached hydrogens (tertiary/aromatic N) is 2. The van der Waals surface area contributed by atoms with Crippen LogP contribution in [0.2, 0.25) is 0 Å². The molecule has 0 aliphatic rings. The molecule has 0 amide bonds. The van der Waals surface area contributed by atoms with Crippen molar-refractivity contribution in [1.82, 2.24) is 10.2 Å². The van der Waals surface area contributed by atoms with Crippen LogP contribution in [0.3, 0.4) is 0 Å². The smallest absolute Gasteiger partial charge is 0.266 e. The van der Waals surface area contributed by atoms with E-state index in [1.165, 1.54) is 0 Å². The van der Waals surface area contributed by atoms with E-state index in [1.54, 1.807) is 12.3 Å². The maximum atomic E-state index is 11.0. The van der Waals surface area contributed by atoms with Gasteiger partial charge in [0, 0.05) is 19.2 Å². The Labute approximate surface area is 84.0 Å². The van der Waals surface area contributed by atoms with E-state index in [1.807, 2.05) is 0 Å². The highest BCUT2D eigenvalue weighted by atomic mass is 16.1. The molecule has 0 radical (unpaired) electrons. The number of aromatic nitrogens is 2. The number of unbranched alkanes of at least 4 members (excludes halogenated alkanes) is 1. The van der Waals surface area contributed by atoms with Crippen LogP contribution in [0, 0.1) is 0 Å². The number of rotatable bonds is 5. The Morgan fingerprint density at radius 2 is 2.29 bits per heavy atom. The van der Waals surface area contributed by atoms with Crippen LogP contribution < -0.4 is 10.5 Å². The van der Waals surface area contributed by atoms with Crippen LogP contribution in [0.25, 0.3) is 0 Å². The Balaban J connectivity index is 2.73. The minimum absolute atomic E-state index is 0.141. The van der Waals surface area contributed by atoms with Gasteiger partial charge < -0.3 is 4.90 Å². The Morgan fingerprint density at radius 3 is 2.86 bits per heavy atom. The van der Waals surface area contributed by atoms with Gasteiger partial charge in [-0.3, -0.25) is 4.79 Å². The molecule has 0 fully saturated rings. The van der Waals surface area contributed by atoms with E-state index in [0.717, 1.165) is 31.6 Å². The summed E-state index contributed by atoms with van der Waals surface area (Å²) in [6.07, 6.45) is 3.99. The van der Waals surface area contributed by atoms with Gasteiger partial charge in [-0.25, -0.2) is 5.10 Å². The fraction of sp³-hybridized carbons (Fsp3) is 0.600. The molecule has 1 N–H and O–H groups in total. The summed E-state index contributed by atoms with van der Waals surface area (Å²) >= 11 is 0. The minimum atomic E-state index is -0.141. The molecule has 14 heavy (non-hydrogen) atoms. The van der Waals surface area contributed by atoms with E-state index in [4.69, 9.17) is 0 Å². The first-order chi connectivity index (χ1) is 6.77. The molecule has 4 heteroatoms. The summed E-state index contributed by atoms with van der Waals surface area (Å²) in [6.45, 7) is 6.13. The quantitative estimate of drug-likeness (QED) is 0.772. The largest absolute Gasteiger partial charge is 0.370 e. The van der Waals surface area contributed by atoms with Crippen molar-refractivity contribution in [2.45, 2.75) is 26.7 Å². The average molecular weight is 195 g/mol. The molecule has 0 bridgehead atoms. The number of aromatic amines is 1. The van der Waals surface area contributed by atoms with Gasteiger partial charge in [-0.1, -0.05) is 13.3 Å². The third kappa shape index (κ3) is 2.87. The van der Waals surface area contributed by atoms with Crippen LogP contribution in [-0.2, 0) is 0 Å². The van der Waals surface area contributed by atoms with E-state index in [0.29, 0.717) is 0 Å². The van der Waals surface area contributed by atoms with Crippen molar-refractivity contribution in [3.63, 3.8) is 0 Å². The molecule has 4 nitrogen and oxygen atoms in total. The second-order valence-electron chi connectivity index (χ2n) is 3.24. The van der Waals surface area contributed by atoms with Crippen LogP contribution in [0.4, 0.5) is 5.69 Å². The summed E-state index contributed by atoms with van der Waals surface area (Å²) in [5, 5.41) is 6.16. The van der Waals surface area contributed by atoms with E-state index in [2.05, 4.69) is 28.9 Å². The zero-order chi connectivity index (χ0) is 10.4. The van der Waals surface area contributed by atoms with Crippen LogP contribution in [0.15, 0.2) is 17.1 Å². The van der Waals surface area contributed by atoms with Crippen LogP contribution >= 0.6 is 0 Å². The lowest BCUT2D eigenvalue weighted by Gasteiger charge is -2.21. The highest BCUT2D eigenvalue weighted by molar-refractivity contribution is 5.42. The molecule has 1 heterocycles. The van der Waals surface area contributed by atoms with Gasteiger partial charge in [0.15, 0.2) is 0 Å². The third-order valence-electron chi connectivity index (χ3n) is 2.18. The zero-order valence-corrected chi connectivity index (χ0v) is 8.79. The maximum absolute atomic E-state index is 11.0. The summed E-state index contributed by atoms with van der Waals surface area (Å²) in [4.78, 5) is 13.2. The maximum Gasteiger partial charge on any atom is 0.266 e. The van der Waals surface area contributed by atoms with Crippen molar-refractivity contribution >= 4 is 5.69 Å². The van der Waals surface area contributed by atoms with Crippen LogP contribution in [-0.4, -0.2) is 23.3 Å². The van der Waals surface area contributed by atoms with Gasteiger partial charge in [-0.15, -0.1) is 0 Å². The average Bonchev–Trinajstić information content (AvgIpc) is 2.19. The van der Waals surface area contributed by atoms with Gasteiger partial charge in [0.2, 0.25) is 0 Å². The van der Waals surface area contributed by atoms with Gasteiger partial charge in [0.05, 0.1) is 11.9 Å². The van der Waals surface area contributed by atoms with E-state index in [-0.39, 0.29) is 5.56 Å². The molecule has 0 unspecified atom stereocenters. The highest BCUT2D eigenvalue weighted by Crippen LogP contribution is 2.09. The Morgan fingerprint density at radius 1 is 1.50 bits per heavy atom. The first kappa shape index (κ1) is 10.8. The fourth-order valence-corrected chi connectivity index (χ4v) is 1.36. The summed E-state index contributed by atoms with van der Waals surface area (Å²) < 4.78 is 0. The Hall–Kier alpha value is -1.32. The molecular weight excluding hydrogens is 178 g/mol. The van der Waals surface area contributed by atoms with Crippen LogP contribution in [0.1, 0.15) is 26.7 Å². The summed E-state index contributed by atoms with van der Waals surface area (Å²) in [6, 6.07) is 1.59. The third-order valence-corrected chi connectivity index (χ3v) is 2.18. The second-order valence-corrected chi connectivity index (χ2v) is 3.24. The molecular formula is C10H17N3O. The number of hydrogen-bond donors (Lipinski definition) is 1. The molecule has 1 rings (SSSR count). The number of hydrogen-bond acceptors (Lipinski definition) is 3. The predicted octanol–water partition coefficient (Wildman–Crippen LogP) is 1.40. The second kappa shape index (κ2) is 5.42. The lowest BCUT2D eigenvalue weighted by molar-refractivity contribution is 0.728. The molecule has 1 aromatic heterocycles. The number of nitrogens with one attached hydrogen (secondary N) is 1. The van der Waals surface area contributed by atoms with Crippen molar-refractivity contribution in [2.75, 3.05) is 18.0 Å². The summed E-state index contributed by atoms with van der Waals surface area (Å²) in [5.41, 5.74) is 0.766. The zero-order valence-electron chi connectivity index (χ0n) is 8.79. The van der Waals surface area contributed by atoms with Gasteiger partial charge in [0.1, 0.15) is 0 Å². The van der Waals surface area contributed by atoms with E-state index < -0.39 is 0 Å². The molecule has 0 aliphatic heterocycles. The van der Waals surface area contributed by atoms with Crippen molar-refractivity contribution in [2.24, 2.45) is 0 Å². The first-order valence-corrected chi connectivity index (χ1v) is 5.07. The number of H-pyrrole nitrogens is 1. The van der Waals surface area contributed by atoms with Crippen LogP contribution in [0.5, 0.6) is 0 Å². The topological polar surface area (TPSA) is 49.0 Å². The minimum Gasteiger partial charge on any atom is -0.370 e. The van der Waals surface area contributed by atoms with Gasteiger partial charge in [0.25, 0.3) is 5.56 Å². The summed E-state index contributed by atoms with van der Waals surface area (Å²) in [7, 11) is 0. The lowest BCUT2D eigenvalue weighted by Crippen LogP contribution is -2.25. The normalized spacial score (nSPS) is 10.1.